The molecule has 33 heavy (non-hydrogen) atoms. The van der Waals surface area contributed by atoms with Crippen LogP contribution in [0.2, 0.25) is 0 Å². The Bertz CT molecular complexity index is 1350. The molecule has 1 heterocycles. The van der Waals surface area contributed by atoms with Crippen LogP contribution < -0.4 is 10.1 Å². The molecule has 1 aliphatic carbocycles. The van der Waals surface area contributed by atoms with Crippen LogP contribution in [0.15, 0.2) is 77.5 Å². The first kappa shape index (κ1) is 22.5. The standard InChI is InChI=1S/C24H22N2O6S/c1-15-3-9-18(10-4-15)33(30,31)26-12-11-19-23(26)21(27)13-20(24(19)29)25-14-22(28)16-5-7-17(32-2)8-6-16/h3-13,22,25,28H,14H2,1-2H3. The van der Waals surface area contributed by atoms with Crippen LogP contribution in [0.5, 0.6) is 5.75 Å². The smallest absolute Gasteiger partial charge is 0.268 e. The number of hydrogen-bond donors (Lipinski definition) is 2. The van der Waals surface area contributed by atoms with Gasteiger partial charge in [0.15, 0.2) is 0 Å². The van der Waals surface area contributed by atoms with Crippen LogP contribution in [0.3, 0.4) is 0 Å². The van der Waals surface area contributed by atoms with E-state index in [-0.39, 0.29) is 28.4 Å². The largest absolute Gasteiger partial charge is 0.497 e. The van der Waals surface area contributed by atoms with Crippen molar-refractivity contribution in [3.8, 4) is 5.75 Å². The van der Waals surface area contributed by atoms with E-state index < -0.39 is 27.7 Å². The van der Waals surface area contributed by atoms with Gasteiger partial charge in [-0.15, -0.1) is 0 Å². The van der Waals surface area contributed by atoms with E-state index in [1.807, 2.05) is 6.92 Å². The molecule has 1 aliphatic rings. The number of aliphatic hydroxyl groups excluding tert-OH is 1. The first-order valence-electron chi connectivity index (χ1n) is 10.1. The summed E-state index contributed by atoms with van der Waals surface area (Å²) in [5.74, 6) is -0.497. The number of methoxy groups -OCH3 is 1. The van der Waals surface area contributed by atoms with Crippen molar-refractivity contribution >= 4 is 21.6 Å². The summed E-state index contributed by atoms with van der Waals surface area (Å²) in [5, 5.41) is 13.2. The van der Waals surface area contributed by atoms with E-state index in [0.29, 0.717) is 11.3 Å². The monoisotopic (exact) mass is 466 g/mol. The maximum atomic E-state index is 13.1. The molecule has 2 N–H and O–H groups in total. The third-order valence-electron chi connectivity index (χ3n) is 5.41. The van der Waals surface area contributed by atoms with Crippen LogP contribution in [0, 0.1) is 6.92 Å². The number of carbonyl (C=O) groups excluding carboxylic acids is 2. The number of benzene rings is 2. The fourth-order valence-electron chi connectivity index (χ4n) is 3.56. The Hall–Kier alpha value is -3.69. The lowest BCUT2D eigenvalue weighted by Gasteiger charge is -2.18. The molecular formula is C24H22N2O6S. The quantitative estimate of drug-likeness (QED) is 0.550. The molecule has 2 aromatic carbocycles. The minimum atomic E-state index is -4.05. The lowest BCUT2D eigenvalue weighted by atomic mass is 9.99. The average Bonchev–Trinajstić information content (AvgIpc) is 3.28. The number of fused-ring (bicyclic) bond motifs is 1. The van der Waals surface area contributed by atoms with Crippen molar-refractivity contribution < 1.29 is 27.9 Å². The zero-order valence-corrected chi connectivity index (χ0v) is 18.8. The molecule has 0 saturated carbocycles. The van der Waals surface area contributed by atoms with Crippen molar-refractivity contribution in [3.63, 3.8) is 0 Å². The molecule has 1 aromatic heterocycles. The van der Waals surface area contributed by atoms with Gasteiger partial charge in [-0.1, -0.05) is 29.8 Å². The first-order valence-corrected chi connectivity index (χ1v) is 11.6. The molecule has 3 aromatic rings. The number of aliphatic hydroxyl groups is 1. The van der Waals surface area contributed by atoms with E-state index in [1.54, 1.807) is 43.5 Å². The molecule has 0 aliphatic heterocycles. The van der Waals surface area contributed by atoms with E-state index in [4.69, 9.17) is 4.74 Å². The predicted molar refractivity (Wildman–Crippen MR) is 121 cm³/mol. The molecule has 0 radical (unpaired) electrons. The topological polar surface area (TPSA) is 115 Å². The predicted octanol–water partition coefficient (Wildman–Crippen LogP) is 2.63. The van der Waals surface area contributed by atoms with Gasteiger partial charge in [0.05, 0.1) is 29.4 Å². The second-order valence-electron chi connectivity index (χ2n) is 7.61. The number of ether oxygens (including phenoxy) is 1. The number of rotatable bonds is 7. The van der Waals surface area contributed by atoms with Crippen LogP contribution in [-0.4, -0.2) is 42.7 Å². The lowest BCUT2D eigenvalue weighted by molar-refractivity contribution is 0.0971. The Kier molecular flexibility index (Phi) is 5.92. The molecule has 0 fully saturated rings. The summed E-state index contributed by atoms with van der Waals surface area (Å²) in [6.07, 6.45) is 1.33. The summed E-state index contributed by atoms with van der Waals surface area (Å²) >= 11 is 0. The second kappa shape index (κ2) is 8.68. The van der Waals surface area contributed by atoms with E-state index in [9.17, 15) is 23.1 Å². The van der Waals surface area contributed by atoms with Crippen molar-refractivity contribution in [2.24, 2.45) is 0 Å². The van der Waals surface area contributed by atoms with E-state index in [0.717, 1.165) is 15.6 Å². The Morgan fingerprint density at radius 3 is 2.33 bits per heavy atom. The zero-order chi connectivity index (χ0) is 23.8. The van der Waals surface area contributed by atoms with Gasteiger partial charge in [-0.25, -0.2) is 12.4 Å². The number of aryl methyl sites for hydroxylation is 1. The molecule has 0 bridgehead atoms. The van der Waals surface area contributed by atoms with Gasteiger partial charge in [0.2, 0.25) is 11.6 Å². The van der Waals surface area contributed by atoms with E-state index >= 15 is 0 Å². The summed E-state index contributed by atoms with van der Waals surface area (Å²) in [7, 11) is -2.51. The van der Waals surface area contributed by atoms with Crippen molar-refractivity contribution in [3.05, 3.63) is 95.0 Å². The Morgan fingerprint density at radius 2 is 1.70 bits per heavy atom. The summed E-state index contributed by atoms with van der Waals surface area (Å²) in [6, 6.07) is 14.3. The van der Waals surface area contributed by atoms with Crippen LogP contribution in [-0.2, 0) is 10.0 Å². The number of nitrogens with one attached hydrogen (secondary N) is 1. The molecule has 0 spiro atoms. The second-order valence-corrected chi connectivity index (χ2v) is 9.43. The van der Waals surface area contributed by atoms with Gasteiger partial charge < -0.3 is 15.2 Å². The molecule has 8 nitrogen and oxygen atoms in total. The van der Waals surface area contributed by atoms with Crippen molar-refractivity contribution in [2.45, 2.75) is 17.9 Å². The molecule has 0 amide bonds. The number of hydrogen-bond acceptors (Lipinski definition) is 7. The van der Waals surface area contributed by atoms with E-state index in [2.05, 4.69) is 5.32 Å². The van der Waals surface area contributed by atoms with Gasteiger partial charge in [0.25, 0.3) is 10.0 Å². The summed E-state index contributed by atoms with van der Waals surface area (Å²) < 4.78 is 32.0. The highest BCUT2D eigenvalue weighted by atomic mass is 32.2. The Balaban J connectivity index is 1.56. The highest BCUT2D eigenvalue weighted by molar-refractivity contribution is 7.90. The first-order chi connectivity index (χ1) is 15.7. The summed E-state index contributed by atoms with van der Waals surface area (Å²) in [4.78, 5) is 25.8. The summed E-state index contributed by atoms with van der Waals surface area (Å²) in [5.41, 5.74) is 1.27. The minimum Gasteiger partial charge on any atom is -0.497 e. The van der Waals surface area contributed by atoms with Gasteiger partial charge in [-0.3, -0.25) is 9.59 Å². The van der Waals surface area contributed by atoms with Gasteiger partial charge in [0, 0.05) is 18.8 Å². The fourth-order valence-corrected chi connectivity index (χ4v) is 4.91. The van der Waals surface area contributed by atoms with Crippen LogP contribution in [0.4, 0.5) is 0 Å². The molecule has 1 unspecified atom stereocenters. The SMILES string of the molecule is COc1ccc(C(O)CNC2=CC(=O)c3c(ccn3S(=O)(=O)c3ccc(C)cc3)C2=O)cc1. The van der Waals surface area contributed by atoms with Crippen LogP contribution in [0.1, 0.15) is 38.1 Å². The van der Waals surface area contributed by atoms with Gasteiger partial charge in [-0.2, -0.15) is 0 Å². The fraction of sp³-hybridized carbons (Fsp3) is 0.167. The number of nitrogens with zero attached hydrogens (tertiary/aromatic N) is 1. The highest BCUT2D eigenvalue weighted by Crippen LogP contribution is 2.26. The van der Waals surface area contributed by atoms with Crippen LogP contribution in [0.25, 0.3) is 0 Å². The minimum absolute atomic E-state index is 0.00875. The maximum absolute atomic E-state index is 13.1. The molecule has 9 heteroatoms. The number of aromatic nitrogens is 1. The van der Waals surface area contributed by atoms with Crippen molar-refractivity contribution in [2.75, 3.05) is 13.7 Å². The molecule has 4 rings (SSSR count). The maximum Gasteiger partial charge on any atom is 0.268 e. The average molecular weight is 467 g/mol. The van der Waals surface area contributed by atoms with Gasteiger partial charge in [0.1, 0.15) is 11.4 Å². The van der Waals surface area contributed by atoms with Crippen molar-refractivity contribution in [1.29, 1.82) is 0 Å². The summed E-state index contributed by atoms with van der Waals surface area (Å²) in [6.45, 7) is 1.82. The van der Waals surface area contributed by atoms with E-state index in [1.165, 1.54) is 24.4 Å². The molecule has 1 atom stereocenters. The zero-order valence-electron chi connectivity index (χ0n) is 18.0. The number of carbonyl (C=O) groups is 2. The normalized spacial score (nSPS) is 14.5. The van der Waals surface area contributed by atoms with Gasteiger partial charge >= 0.3 is 0 Å². The van der Waals surface area contributed by atoms with Crippen molar-refractivity contribution in [1.82, 2.24) is 9.29 Å². The van der Waals surface area contributed by atoms with Gasteiger partial charge in [-0.05, 0) is 42.8 Å². The molecular weight excluding hydrogens is 444 g/mol. The number of allylic oxidation sites excluding steroid dienone is 2. The highest BCUT2D eigenvalue weighted by Gasteiger charge is 2.33. The lowest BCUT2D eigenvalue weighted by Crippen LogP contribution is -2.31. The molecule has 0 saturated heterocycles. The number of Topliss-reactive ketones (excluding diaryl/α,β-unsaturated/α-hetero) is 1. The molecule has 170 valence electrons. The Labute approximate surface area is 191 Å². The number of ketones is 2. The Morgan fingerprint density at radius 1 is 1.03 bits per heavy atom. The third kappa shape index (κ3) is 4.20. The van der Waals surface area contributed by atoms with Crippen LogP contribution >= 0.6 is 0 Å². The third-order valence-corrected chi connectivity index (χ3v) is 7.10.